The van der Waals surface area contributed by atoms with Crippen molar-refractivity contribution >= 4 is 5.78 Å². The van der Waals surface area contributed by atoms with E-state index in [1.165, 1.54) is 0 Å². The van der Waals surface area contributed by atoms with Crippen molar-refractivity contribution in [2.24, 2.45) is 5.92 Å². The van der Waals surface area contributed by atoms with Crippen molar-refractivity contribution in [1.29, 1.82) is 0 Å². The molecule has 0 spiro atoms. The molecule has 4 heteroatoms. The van der Waals surface area contributed by atoms with Crippen LogP contribution in [0.3, 0.4) is 0 Å². The van der Waals surface area contributed by atoms with Crippen molar-refractivity contribution in [2.75, 3.05) is 26.2 Å². The lowest BCUT2D eigenvalue weighted by molar-refractivity contribution is -0.127. The van der Waals surface area contributed by atoms with Crippen molar-refractivity contribution in [2.45, 2.75) is 32.0 Å². The molecule has 4 nitrogen and oxygen atoms in total. The van der Waals surface area contributed by atoms with Crippen LogP contribution in [0.5, 0.6) is 0 Å². The van der Waals surface area contributed by atoms with Crippen LogP contribution in [-0.4, -0.2) is 54.2 Å². The number of carbonyl (C=O) groups excluding carboxylic acids is 1. The Labute approximate surface area is 90.2 Å². The highest BCUT2D eigenvalue weighted by Gasteiger charge is 2.32. The SMILES string of the molecule is CC1CN(CC(=O)C2CC2)CC(CO)O1. The molecule has 0 radical (unpaired) electrons. The Morgan fingerprint density at radius 1 is 1.47 bits per heavy atom. The molecule has 0 aromatic rings. The van der Waals surface area contributed by atoms with Crippen LogP contribution in [0, 0.1) is 5.92 Å². The van der Waals surface area contributed by atoms with Crippen LogP contribution in [-0.2, 0) is 9.53 Å². The fourth-order valence-corrected chi connectivity index (χ4v) is 2.13. The first-order valence-electron chi connectivity index (χ1n) is 5.70. The minimum atomic E-state index is -0.124. The second-order valence-electron chi connectivity index (χ2n) is 4.69. The summed E-state index contributed by atoms with van der Waals surface area (Å²) >= 11 is 0. The van der Waals surface area contributed by atoms with Gasteiger partial charge >= 0.3 is 0 Å². The lowest BCUT2D eigenvalue weighted by Crippen LogP contribution is -2.49. The van der Waals surface area contributed by atoms with Crippen LogP contribution in [0.4, 0.5) is 0 Å². The largest absolute Gasteiger partial charge is 0.394 e. The molecule has 2 unspecified atom stereocenters. The molecule has 0 bridgehead atoms. The van der Waals surface area contributed by atoms with Gasteiger partial charge in [-0.2, -0.15) is 0 Å². The van der Waals surface area contributed by atoms with Gasteiger partial charge in [0.15, 0.2) is 0 Å². The van der Waals surface area contributed by atoms with Gasteiger partial charge in [0.05, 0.1) is 25.4 Å². The van der Waals surface area contributed by atoms with Crippen LogP contribution >= 0.6 is 0 Å². The van der Waals surface area contributed by atoms with Gasteiger partial charge in [0.25, 0.3) is 0 Å². The molecule has 2 aliphatic rings. The first-order chi connectivity index (χ1) is 7.19. The van der Waals surface area contributed by atoms with Gasteiger partial charge in [0.2, 0.25) is 0 Å². The first-order valence-corrected chi connectivity index (χ1v) is 5.70. The van der Waals surface area contributed by atoms with Crippen molar-refractivity contribution in [1.82, 2.24) is 4.90 Å². The number of Topliss-reactive ketones (excluding diaryl/α,β-unsaturated/α-hetero) is 1. The topological polar surface area (TPSA) is 49.8 Å². The van der Waals surface area contributed by atoms with Gasteiger partial charge in [0.1, 0.15) is 5.78 Å². The molecular formula is C11H19NO3. The van der Waals surface area contributed by atoms with Gasteiger partial charge in [-0.15, -0.1) is 0 Å². The molecule has 2 atom stereocenters. The van der Waals surface area contributed by atoms with E-state index in [1.54, 1.807) is 0 Å². The van der Waals surface area contributed by atoms with Crippen LogP contribution < -0.4 is 0 Å². The molecule has 0 aromatic carbocycles. The minimum absolute atomic E-state index is 0.0401. The molecule has 0 aromatic heterocycles. The Morgan fingerprint density at radius 3 is 2.80 bits per heavy atom. The molecule has 1 saturated heterocycles. The summed E-state index contributed by atoms with van der Waals surface area (Å²) in [5.41, 5.74) is 0. The summed E-state index contributed by atoms with van der Waals surface area (Å²) in [5.74, 6) is 0.691. The zero-order valence-corrected chi connectivity index (χ0v) is 9.19. The standard InChI is InChI=1S/C11H19NO3/c1-8-4-12(5-10(7-13)15-8)6-11(14)9-2-3-9/h8-10,13H,2-7H2,1H3. The normalized spacial score (nSPS) is 32.9. The molecule has 1 heterocycles. The Kier molecular flexibility index (Phi) is 3.38. The van der Waals surface area contributed by atoms with E-state index in [-0.39, 0.29) is 18.8 Å². The molecule has 2 rings (SSSR count). The summed E-state index contributed by atoms with van der Waals surface area (Å²) < 4.78 is 5.52. The number of nitrogens with zero attached hydrogens (tertiary/aromatic N) is 1. The molecule has 15 heavy (non-hydrogen) atoms. The van der Waals surface area contributed by atoms with Crippen molar-refractivity contribution in [3.8, 4) is 0 Å². The summed E-state index contributed by atoms with van der Waals surface area (Å²) in [6.07, 6.45) is 2.13. The van der Waals surface area contributed by atoms with E-state index in [2.05, 4.69) is 4.90 Å². The number of carbonyl (C=O) groups is 1. The summed E-state index contributed by atoms with van der Waals surface area (Å²) in [6, 6.07) is 0. The van der Waals surface area contributed by atoms with Gasteiger partial charge in [-0.3, -0.25) is 9.69 Å². The van der Waals surface area contributed by atoms with Crippen molar-refractivity contribution < 1.29 is 14.6 Å². The molecule has 86 valence electrons. The predicted octanol–water partition coefficient (Wildman–Crippen LogP) is 0.0471. The summed E-state index contributed by atoms with van der Waals surface area (Å²) in [6.45, 7) is 4.04. The average Bonchev–Trinajstić information content (AvgIpc) is 2.99. The van der Waals surface area contributed by atoms with E-state index in [4.69, 9.17) is 9.84 Å². The van der Waals surface area contributed by atoms with Crippen molar-refractivity contribution in [3.63, 3.8) is 0 Å². The number of ketones is 1. The highest BCUT2D eigenvalue weighted by atomic mass is 16.5. The third kappa shape index (κ3) is 3.00. The number of aliphatic hydroxyl groups is 1. The molecule has 0 amide bonds. The maximum Gasteiger partial charge on any atom is 0.149 e. The number of morpholine rings is 1. The van der Waals surface area contributed by atoms with Gasteiger partial charge in [-0.25, -0.2) is 0 Å². The second-order valence-corrected chi connectivity index (χ2v) is 4.69. The summed E-state index contributed by atoms with van der Waals surface area (Å²) in [5, 5.41) is 9.05. The van der Waals surface area contributed by atoms with Crippen LogP contribution in [0.2, 0.25) is 0 Å². The molecule has 1 aliphatic carbocycles. The smallest absolute Gasteiger partial charge is 0.149 e. The fourth-order valence-electron chi connectivity index (χ4n) is 2.13. The maximum atomic E-state index is 11.6. The van der Waals surface area contributed by atoms with E-state index >= 15 is 0 Å². The summed E-state index contributed by atoms with van der Waals surface area (Å²) in [7, 11) is 0. The highest BCUT2D eigenvalue weighted by molar-refractivity contribution is 5.85. The summed E-state index contributed by atoms with van der Waals surface area (Å²) in [4.78, 5) is 13.7. The third-order valence-electron chi connectivity index (χ3n) is 3.02. The van der Waals surface area contributed by atoms with Crippen LogP contribution in [0.25, 0.3) is 0 Å². The lowest BCUT2D eigenvalue weighted by atomic mass is 10.2. The van der Waals surface area contributed by atoms with Gasteiger partial charge in [-0.1, -0.05) is 0 Å². The maximum absolute atomic E-state index is 11.6. The van der Waals surface area contributed by atoms with E-state index < -0.39 is 0 Å². The van der Waals surface area contributed by atoms with Crippen molar-refractivity contribution in [3.05, 3.63) is 0 Å². The van der Waals surface area contributed by atoms with E-state index in [0.717, 1.165) is 19.4 Å². The molecule has 2 fully saturated rings. The predicted molar refractivity (Wildman–Crippen MR) is 55.6 cm³/mol. The Morgan fingerprint density at radius 2 is 2.20 bits per heavy atom. The zero-order valence-electron chi connectivity index (χ0n) is 9.19. The Balaban J connectivity index is 1.82. The monoisotopic (exact) mass is 213 g/mol. The number of ether oxygens (including phenoxy) is 1. The molecular weight excluding hydrogens is 194 g/mol. The molecule has 1 N–H and O–H groups in total. The van der Waals surface area contributed by atoms with Gasteiger partial charge in [-0.05, 0) is 19.8 Å². The Hall–Kier alpha value is -0.450. The highest BCUT2D eigenvalue weighted by Crippen LogP contribution is 2.30. The van der Waals surface area contributed by atoms with E-state index in [1.807, 2.05) is 6.92 Å². The first kappa shape index (κ1) is 11.0. The quantitative estimate of drug-likeness (QED) is 0.716. The second kappa shape index (κ2) is 4.60. The number of aliphatic hydroxyl groups excluding tert-OH is 1. The van der Waals surface area contributed by atoms with Crippen LogP contribution in [0.15, 0.2) is 0 Å². The average molecular weight is 213 g/mol. The molecule has 1 aliphatic heterocycles. The number of hydrogen-bond donors (Lipinski definition) is 1. The van der Waals surface area contributed by atoms with Gasteiger partial charge in [0, 0.05) is 19.0 Å². The van der Waals surface area contributed by atoms with Crippen LogP contribution in [0.1, 0.15) is 19.8 Å². The zero-order chi connectivity index (χ0) is 10.8. The Bertz CT molecular complexity index is 240. The fraction of sp³-hybridized carbons (Fsp3) is 0.909. The van der Waals surface area contributed by atoms with E-state index in [0.29, 0.717) is 24.8 Å². The lowest BCUT2D eigenvalue weighted by Gasteiger charge is -2.35. The number of rotatable bonds is 4. The van der Waals surface area contributed by atoms with Gasteiger partial charge < -0.3 is 9.84 Å². The third-order valence-corrected chi connectivity index (χ3v) is 3.02. The minimum Gasteiger partial charge on any atom is -0.394 e. The number of hydrogen-bond acceptors (Lipinski definition) is 4. The van der Waals surface area contributed by atoms with E-state index in [9.17, 15) is 4.79 Å². The molecule has 1 saturated carbocycles.